The molecular formula is C31H28N2O4. The van der Waals surface area contributed by atoms with Crippen LogP contribution in [0.2, 0.25) is 0 Å². The number of imide groups is 1. The van der Waals surface area contributed by atoms with Gasteiger partial charge < -0.3 is 9.47 Å². The molecule has 1 aliphatic heterocycles. The highest BCUT2D eigenvalue weighted by Crippen LogP contribution is 2.28. The summed E-state index contributed by atoms with van der Waals surface area (Å²) in [5.74, 6) is 0.472. The van der Waals surface area contributed by atoms with Gasteiger partial charge in [-0.15, -0.1) is 0 Å². The fourth-order valence-corrected chi connectivity index (χ4v) is 4.04. The SMILES string of the molecule is COc1ccc(CCN2C(=O)C(C#N)=C(C)/C(=C\c3ccc(OCc4ccc(C)cc4)cc3)C2=O)cc1. The molecule has 0 aliphatic carbocycles. The average molecular weight is 493 g/mol. The first kappa shape index (κ1) is 25.5. The van der Waals surface area contributed by atoms with E-state index in [2.05, 4.69) is 0 Å². The number of hydrogen-bond donors (Lipinski definition) is 0. The van der Waals surface area contributed by atoms with Crippen LogP contribution in [0, 0.1) is 18.3 Å². The molecule has 0 spiro atoms. The number of amides is 2. The zero-order chi connectivity index (χ0) is 26.4. The summed E-state index contributed by atoms with van der Waals surface area (Å²) in [7, 11) is 1.60. The summed E-state index contributed by atoms with van der Waals surface area (Å²) in [6.45, 7) is 4.31. The van der Waals surface area contributed by atoms with E-state index in [4.69, 9.17) is 9.47 Å². The van der Waals surface area contributed by atoms with Crippen LogP contribution in [0.1, 0.15) is 29.2 Å². The average Bonchev–Trinajstić information content (AvgIpc) is 2.92. The summed E-state index contributed by atoms with van der Waals surface area (Å²) in [6.07, 6.45) is 2.19. The summed E-state index contributed by atoms with van der Waals surface area (Å²) in [5.41, 5.74) is 4.71. The first-order valence-corrected chi connectivity index (χ1v) is 12.0. The van der Waals surface area contributed by atoms with Gasteiger partial charge in [0.2, 0.25) is 0 Å². The van der Waals surface area contributed by atoms with Gasteiger partial charge in [0, 0.05) is 12.1 Å². The van der Waals surface area contributed by atoms with Crippen LogP contribution < -0.4 is 9.47 Å². The van der Waals surface area contributed by atoms with Crippen molar-refractivity contribution < 1.29 is 19.1 Å². The maximum atomic E-state index is 13.3. The van der Waals surface area contributed by atoms with Crippen molar-refractivity contribution in [2.24, 2.45) is 0 Å². The molecule has 1 aliphatic rings. The molecule has 2 amide bonds. The predicted molar refractivity (Wildman–Crippen MR) is 142 cm³/mol. The van der Waals surface area contributed by atoms with Crippen LogP contribution in [0.25, 0.3) is 6.08 Å². The molecule has 6 heteroatoms. The second kappa shape index (κ2) is 11.4. The fourth-order valence-electron chi connectivity index (χ4n) is 4.04. The van der Waals surface area contributed by atoms with Gasteiger partial charge in [0.05, 0.1) is 7.11 Å². The minimum Gasteiger partial charge on any atom is -0.497 e. The summed E-state index contributed by atoms with van der Waals surface area (Å²) >= 11 is 0. The summed E-state index contributed by atoms with van der Waals surface area (Å²) in [6, 6.07) is 25.0. The molecule has 0 bridgehead atoms. The molecule has 0 atom stereocenters. The number of benzene rings is 3. The number of ether oxygens (including phenoxy) is 2. The number of aryl methyl sites for hydroxylation is 1. The van der Waals surface area contributed by atoms with Gasteiger partial charge in [0.15, 0.2) is 0 Å². The Hall–Kier alpha value is -4.63. The number of carbonyl (C=O) groups excluding carboxylic acids is 2. The van der Waals surface area contributed by atoms with Crippen molar-refractivity contribution in [1.29, 1.82) is 5.26 Å². The van der Waals surface area contributed by atoms with E-state index in [1.807, 2.05) is 85.8 Å². The van der Waals surface area contributed by atoms with Crippen LogP contribution in [0.3, 0.4) is 0 Å². The number of rotatable bonds is 8. The maximum absolute atomic E-state index is 13.3. The predicted octanol–water partition coefficient (Wildman–Crippen LogP) is 5.42. The molecule has 1 heterocycles. The quantitative estimate of drug-likeness (QED) is 0.310. The molecule has 0 radical (unpaired) electrons. The van der Waals surface area contributed by atoms with Crippen LogP contribution >= 0.6 is 0 Å². The number of carbonyl (C=O) groups is 2. The van der Waals surface area contributed by atoms with E-state index in [9.17, 15) is 14.9 Å². The Kier molecular flexibility index (Phi) is 7.85. The van der Waals surface area contributed by atoms with Gasteiger partial charge in [0.1, 0.15) is 29.7 Å². The summed E-state index contributed by atoms with van der Waals surface area (Å²) in [4.78, 5) is 27.4. The van der Waals surface area contributed by atoms with Gasteiger partial charge in [-0.2, -0.15) is 5.26 Å². The first-order chi connectivity index (χ1) is 17.9. The molecule has 4 rings (SSSR count). The molecular weight excluding hydrogens is 464 g/mol. The molecule has 0 unspecified atom stereocenters. The molecule has 0 saturated heterocycles. The third-order valence-corrected chi connectivity index (χ3v) is 6.33. The standard InChI is InChI=1S/C31H28N2O4/c1-21-4-6-25(7-5-21)20-37-27-14-10-24(11-15-27)18-28-22(2)29(19-32)31(35)33(30(28)34)17-16-23-8-12-26(36-3)13-9-23/h4-15,18H,16-17,20H2,1-3H3/b28-18+. The zero-order valence-corrected chi connectivity index (χ0v) is 21.2. The molecule has 186 valence electrons. The van der Waals surface area contributed by atoms with Crippen molar-refractivity contribution in [2.75, 3.05) is 13.7 Å². The van der Waals surface area contributed by atoms with Gasteiger partial charge >= 0.3 is 0 Å². The topological polar surface area (TPSA) is 79.6 Å². The van der Waals surface area contributed by atoms with Crippen molar-refractivity contribution in [3.8, 4) is 17.6 Å². The Morgan fingerprint density at radius 3 is 2.08 bits per heavy atom. The summed E-state index contributed by atoms with van der Waals surface area (Å²) < 4.78 is 11.1. The first-order valence-electron chi connectivity index (χ1n) is 12.0. The van der Waals surface area contributed by atoms with E-state index in [-0.39, 0.29) is 12.1 Å². The van der Waals surface area contributed by atoms with Crippen LogP contribution in [-0.2, 0) is 22.6 Å². The highest BCUT2D eigenvalue weighted by Gasteiger charge is 2.35. The highest BCUT2D eigenvalue weighted by atomic mass is 16.5. The van der Waals surface area contributed by atoms with Gasteiger partial charge in [-0.25, -0.2) is 0 Å². The van der Waals surface area contributed by atoms with Crippen LogP contribution in [0.4, 0.5) is 0 Å². The van der Waals surface area contributed by atoms with Gasteiger partial charge in [-0.3, -0.25) is 14.5 Å². The number of hydrogen-bond acceptors (Lipinski definition) is 5. The Morgan fingerprint density at radius 1 is 0.838 bits per heavy atom. The lowest BCUT2D eigenvalue weighted by Crippen LogP contribution is -2.43. The molecule has 37 heavy (non-hydrogen) atoms. The van der Waals surface area contributed by atoms with Gasteiger partial charge in [-0.05, 0) is 72.9 Å². The van der Waals surface area contributed by atoms with Crippen LogP contribution in [0.5, 0.6) is 11.5 Å². The normalized spacial score (nSPS) is 14.6. The molecule has 0 N–H and O–H groups in total. The van der Waals surface area contributed by atoms with Crippen molar-refractivity contribution in [3.05, 3.63) is 112 Å². The van der Waals surface area contributed by atoms with E-state index in [0.717, 1.165) is 27.3 Å². The van der Waals surface area contributed by atoms with E-state index < -0.39 is 11.8 Å². The molecule has 0 fully saturated rings. The van der Waals surface area contributed by atoms with Crippen molar-refractivity contribution in [1.82, 2.24) is 4.90 Å². The monoisotopic (exact) mass is 492 g/mol. The van der Waals surface area contributed by atoms with Crippen molar-refractivity contribution in [2.45, 2.75) is 26.9 Å². The van der Waals surface area contributed by atoms with E-state index >= 15 is 0 Å². The fraction of sp³-hybridized carbons (Fsp3) is 0.194. The minimum atomic E-state index is -0.560. The number of methoxy groups -OCH3 is 1. The molecule has 3 aromatic rings. The maximum Gasteiger partial charge on any atom is 0.271 e. The largest absolute Gasteiger partial charge is 0.497 e. The second-order valence-corrected chi connectivity index (χ2v) is 8.87. The lowest BCUT2D eigenvalue weighted by molar-refractivity contribution is -0.140. The Balaban J connectivity index is 1.50. The Labute approximate surface area is 217 Å². The second-order valence-electron chi connectivity index (χ2n) is 8.87. The third kappa shape index (κ3) is 5.96. The number of nitriles is 1. The van der Waals surface area contributed by atoms with Crippen LogP contribution in [-0.4, -0.2) is 30.4 Å². The smallest absolute Gasteiger partial charge is 0.271 e. The number of nitrogens with zero attached hydrogens (tertiary/aromatic N) is 2. The van der Waals surface area contributed by atoms with E-state index in [0.29, 0.717) is 29.9 Å². The van der Waals surface area contributed by atoms with Crippen molar-refractivity contribution in [3.63, 3.8) is 0 Å². The summed E-state index contributed by atoms with van der Waals surface area (Å²) in [5, 5.41) is 9.64. The van der Waals surface area contributed by atoms with E-state index in [1.165, 1.54) is 5.56 Å². The lowest BCUT2D eigenvalue weighted by atomic mass is 9.93. The van der Waals surface area contributed by atoms with Crippen LogP contribution in [0.15, 0.2) is 89.5 Å². The molecule has 0 aromatic heterocycles. The van der Waals surface area contributed by atoms with Crippen molar-refractivity contribution >= 4 is 17.9 Å². The Morgan fingerprint density at radius 2 is 1.46 bits per heavy atom. The minimum absolute atomic E-state index is 0.0152. The van der Waals surface area contributed by atoms with E-state index in [1.54, 1.807) is 20.1 Å². The third-order valence-electron chi connectivity index (χ3n) is 6.33. The highest BCUT2D eigenvalue weighted by molar-refractivity contribution is 6.19. The molecule has 3 aromatic carbocycles. The molecule has 6 nitrogen and oxygen atoms in total. The zero-order valence-electron chi connectivity index (χ0n) is 21.2. The Bertz CT molecular complexity index is 1390. The van der Waals surface area contributed by atoms with Gasteiger partial charge in [0.25, 0.3) is 11.8 Å². The van der Waals surface area contributed by atoms with Gasteiger partial charge in [-0.1, -0.05) is 54.1 Å². The lowest BCUT2D eigenvalue weighted by Gasteiger charge is -2.27. The molecule has 0 saturated carbocycles.